The first-order chi connectivity index (χ1) is 10.2. The van der Waals surface area contributed by atoms with Gasteiger partial charge in [0.05, 0.1) is 5.92 Å². The number of rotatable bonds is 7. The standard InChI is InChI=1S/C17H21NO3/c19-16(20)11-10-15(14-8-4-5-9-14)17(21)18-12-13-6-2-1-3-7-13/h1-3,6-8,15H,4-5,9-12H2,(H,18,21)(H,19,20). The number of carboxylic acids is 1. The summed E-state index contributed by atoms with van der Waals surface area (Å²) in [7, 11) is 0. The number of allylic oxidation sites excluding steroid dienone is 1. The van der Waals surface area contributed by atoms with Crippen LogP contribution in [0, 0.1) is 5.92 Å². The van der Waals surface area contributed by atoms with Crippen LogP contribution >= 0.6 is 0 Å². The first-order valence-electron chi connectivity index (χ1n) is 7.39. The predicted octanol–water partition coefficient (Wildman–Crippen LogP) is 2.89. The van der Waals surface area contributed by atoms with Gasteiger partial charge in [-0.05, 0) is 31.2 Å². The van der Waals surface area contributed by atoms with Crippen molar-refractivity contribution < 1.29 is 14.7 Å². The zero-order chi connectivity index (χ0) is 15.1. The van der Waals surface area contributed by atoms with Crippen LogP contribution in [0.1, 0.15) is 37.7 Å². The van der Waals surface area contributed by atoms with E-state index in [-0.39, 0.29) is 18.2 Å². The molecule has 1 amide bonds. The molecule has 0 aromatic heterocycles. The van der Waals surface area contributed by atoms with Gasteiger partial charge in [0.15, 0.2) is 0 Å². The van der Waals surface area contributed by atoms with Gasteiger partial charge in [0, 0.05) is 13.0 Å². The number of carbonyl (C=O) groups is 2. The lowest BCUT2D eigenvalue weighted by Crippen LogP contribution is -2.31. The quantitative estimate of drug-likeness (QED) is 0.758. The van der Waals surface area contributed by atoms with E-state index in [2.05, 4.69) is 11.4 Å². The molecule has 0 saturated carbocycles. The van der Waals surface area contributed by atoms with Crippen LogP contribution in [0.4, 0.5) is 0 Å². The molecule has 112 valence electrons. The topological polar surface area (TPSA) is 66.4 Å². The molecule has 1 aliphatic carbocycles. The van der Waals surface area contributed by atoms with Crippen LogP contribution in [0.15, 0.2) is 42.0 Å². The van der Waals surface area contributed by atoms with E-state index in [0.717, 1.165) is 30.4 Å². The minimum absolute atomic E-state index is 0.0285. The molecular weight excluding hydrogens is 266 g/mol. The molecular formula is C17H21NO3. The smallest absolute Gasteiger partial charge is 0.303 e. The monoisotopic (exact) mass is 287 g/mol. The summed E-state index contributed by atoms with van der Waals surface area (Å²) >= 11 is 0. The second kappa shape index (κ2) is 7.62. The molecule has 0 heterocycles. The van der Waals surface area contributed by atoms with Gasteiger partial charge < -0.3 is 10.4 Å². The Bertz CT molecular complexity index is 522. The Morgan fingerprint density at radius 1 is 1.24 bits per heavy atom. The summed E-state index contributed by atoms with van der Waals surface area (Å²) in [5.74, 6) is -1.21. The van der Waals surface area contributed by atoms with Gasteiger partial charge in [-0.25, -0.2) is 0 Å². The molecule has 4 heteroatoms. The number of hydrogen-bond donors (Lipinski definition) is 2. The van der Waals surface area contributed by atoms with E-state index in [4.69, 9.17) is 5.11 Å². The van der Waals surface area contributed by atoms with Crippen LogP contribution in [0.3, 0.4) is 0 Å². The van der Waals surface area contributed by atoms with E-state index in [1.54, 1.807) is 0 Å². The summed E-state index contributed by atoms with van der Waals surface area (Å²) in [4.78, 5) is 23.1. The zero-order valence-corrected chi connectivity index (χ0v) is 12.0. The van der Waals surface area contributed by atoms with Crippen molar-refractivity contribution in [3.63, 3.8) is 0 Å². The van der Waals surface area contributed by atoms with Crippen molar-refractivity contribution in [3.05, 3.63) is 47.5 Å². The first kappa shape index (κ1) is 15.3. The predicted molar refractivity (Wildman–Crippen MR) is 80.6 cm³/mol. The Morgan fingerprint density at radius 3 is 2.62 bits per heavy atom. The Hall–Kier alpha value is -2.10. The van der Waals surface area contributed by atoms with Gasteiger partial charge in [-0.3, -0.25) is 9.59 Å². The highest BCUT2D eigenvalue weighted by molar-refractivity contribution is 5.82. The minimum atomic E-state index is -0.852. The summed E-state index contributed by atoms with van der Waals surface area (Å²) in [6, 6.07) is 9.72. The van der Waals surface area contributed by atoms with E-state index in [0.29, 0.717) is 13.0 Å². The van der Waals surface area contributed by atoms with Crippen LogP contribution in [0.5, 0.6) is 0 Å². The van der Waals surface area contributed by atoms with Gasteiger partial charge in [0.2, 0.25) is 5.91 Å². The minimum Gasteiger partial charge on any atom is -0.481 e. The molecule has 0 spiro atoms. The Morgan fingerprint density at radius 2 is 2.00 bits per heavy atom. The molecule has 1 aromatic rings. The van der Waals surface area contributed by atoms with Gasteiger partial charge >= 0.3 is 5.97 Å². The van der Waals surface area contributed by atoms with Crippen LogP contribution in [0.25, 0.3) is 0 Å². The second-order valence-corrected chi connectivity index (χ2v) is 5.36. The Labute approximate surface area is 124 Å². The number of carboxylic acid groups (broad SMARTS) is 1. The van der Waals surface area contributed by atoms with Crippen LogP contribution in [0.2, 0.25) is 0 Å². The second-order valence-electron chi connectivity index (χ2n) is 5.36. The molecule has 2 rings (SSSR count). The SMILES string of the molecule is O=C(O)CCC(C(=O)NCc1ccccc1)C1=CCCC1. The fourth-order valence-corrected chi connectivity index (χ4v) is 2.67. The lowest BCUT2D eigenvalue weighted by Gasteiger charge is -2.17. The zero-order valence-electron chi connectivity index (χ0n) is 12.0. The Balaban J connectivity index is 1.95. The van der Waals surface area contributed by atoms with E-state index < -0.39 is 5.97 Å². The summed E-state index contributed by atoms with van der Waals surface area (Å²) < 4.78 is 0. The number of benzene rings is 1. The maximum atomic E-state index is 12.4. The van der Waals surface area contributed by atoms with Crippen LogP contribution in [-0.2, 0) is 16.1 Å². The van der Waals surface area contributed by atoms with Crippen molar-refractivity contribution in [1.29, 1.82) is 0 Å². The largest absolute Gasteiger partial charge is 0.481 e. The highest BCUT2D eigenvalue weighted by Crippen LogP contribution is 2.28. The maximum Gasteiger partial charge on any atom is 0.303 e. The van der Waals surface area contributed by atoms with E-state index in [1.807, 2.05) is 30.3 Å². The summed E-state index contributed by atoms with van der Waals surface area (Å²) in [6.45, 7) is 0.483. The molecule has 1 unspecified atom stereocenters. The number of amides is 1. The van der Waals surface area contributed by atoms with Gasteiger partial charge in [-0.15, -0.1) is 0 Å². The molecule has 0 fully saturated rings. The summed E-state index contributed by atoms with van der Waals surface area (Å²) in [5.41, 5.74) is 2.14. The summed E-state index contributed by atoms with van der Waals surface area (Å²) in [6.07, 6.45) is 5.45. The molecule has 1 atom stereocenters. The lowest BCUT2D eigenvalue weighted by molar-refractivity contribution is -0.137. The third kappa shape index (κ3) is 4.74. The average molecular weight is 287 g/mol. The van der Waals surface area contributed by atoms with Crippen molar-refractivity contribution in [2.75, 3.05) is 0 Å². The fourth-order valence-electron chi connectivity index (χ4n) is 2.67. The first-order valence-corrected chi connectivity index (χ1v) is 7.39. The van der Waals surface area contributed by atoms with Crippen LogP contribution < -0.4 is 5.32 Å². The van der Waals surface area contributed by atoms with Crippen molar-refractivity contribution in [3.8, 4) is 0 Å². The number of aliphatic carboxylic acids is 1. The molecule has 0 saturated heterocycles. The lowest BCUT2D eigenvalue weighted by atomic mass is 9.92. The molecule has 21 heavy (non-hydrogen) atoms. The van der Waals surface area contributed by atoms with E-state index >= 15 is 0 Å². The van der Waals surface area contributed by atoms with Gasteiger partial charge in [-0.2, -0.15) is 0 Å². The van der Waals surface area contributed by atoms with Gasteiger partial charge in [0.25, 0.3) is 0 Å². The highest BCUT2D eigenvalue weighted by Gasteiger charge is 2.24. The van der Waals surface area contributed by atoms with Crippen molar-refractivity contribution >= 4 is 11.9 Å². The normalized spacial score (nSPS) is 15.3. The number of hydrogen-bond acceptors (Lipinski definition) is 2. The third-order valence-electron chi connectivity index (χ3n) is 3.80. The number of carbonyl (C=O) groups excluding carboxylic acids is 1. The molecule has 1 aliphatic rings. The highest BCUT2D eigenvalue weighted by atomic mass is 16.4. The molecule has 0 radical (unpaired) electrons. The molecule has 0 bridgehead atoms. The number of nitrogens with one attached hydrogen (secondary N) is 1. The van der Waals surface area contributed by atoms with E-state index in [9.17, 15) is 9.59 Å². The summed E-state index contributed by atoms with van der Waals surface area (Å²) in [5, 5.41) is 11.8. The van der Waals surface area contributed by atoms with Crippen molar-refractivity contribution in [2.45, 2.75) is 38.6 Å². The van der Waals surface area contributed by atoms with E-state index in [1.165, 1.54) is 0 Å². The van der Waals surface area contributed by atoms with Crippen LogP contribution in [-0.4, -0.2) is 17.0 Å². The molecule has 0 aliphatic heterocycles. The molecule has 4 nitrogen and oxygen atoms in total. The third-order valence-corrected chi connectivity index (χ3v) is 3.80. The van der Waals surface area contributed by atoms with Gasteiger partial charge in [-0.1, -0.05) is 42.0 Å². The van der Waals surface area contributed by atoms with Gasteiger partial charge in [0.1, 0.15) is 0 Å². The molecule has 1 aromatic carbocycles. The average Bonchev–Trinajstić information content (AvgIpc) is 3.00. The maximum absolute atomic E-state index is 12.4. The fraction of sp³-hybridized carbons (Fsp3) is 0.412. The Kier molecular flexibility index (Phi) is 5.55. The molecule has 2 N–H and O–H groups in total. The van der Waals surface area contributed by atoms with Crippen molar-refractivity contribution in [1.82, 2.24) is 5.32 Å². The van der Waals surface area contributed by atoms with Crippen molar-refractivity contribution in [2.24, 2.45) is 5.92 Å².